The highest BCUT2D eigenvalue weighted by atomic mass is 16.5. The van der Waals surface area contributed by atoms with E-state index in [9.17, 15) is 9.59 Å². The van der Waals surface area contributed by atoms with Crippen LogP contribution in [0.3, 0.4) is 0 Å². The first-order chi connectivity index (χ1) is 11.2. The summed E-state index contributed by atoms with van der Waals surface area (Å²) in [6, 6.07) is 9.03. The van der Waals surface area contributed by atoms with Crippen molar-refractivity contribution in [1.82, 2.24) is 9.88 Å². The van der Waals surface area contributed by atoms with Crippen LogP contribution in [0.25, 0.3) is 10.9 Å². The SMILES string of the molecule is O=C(c1cc(=O)[nH]c2ccccc12)N1CCO[C@H]2CCCC[C@H]21. The minimum atomic E-state index is -0.236. The molecule has 1 aromatic carbocycles. The van der Waals surface area contributed by atoms with Gasteiger partial charge in [0.05, 0.1) is 24.3 Å². The number of hydrogen-bond donors (Lipinski definition) is 1. The number of ether oxygens (including phenoxy) is 1. The van der Waals surface area contributed by atoms with Crippen molar-refractivity contribution in [3.63, 3.8) is 0 Å². The van der Waals surface area contributed by atoms with Crippen LogP contribution in [0.1, 0.15) is 36.0 Å². The Morgan fingerprint density at radius 2 is 2.04 bits per heavy atom. The summed E-state index contributed by atoms with van der Waals surface area (Å²) >= 11 is 0. The van der Waals surface area contributed by atoms with Crippen molar-refractivity contribution < 1.29 is 9.53 Å². The molecule has 2 aromatic rings. The van der Waals surface area contributed by atoms with Crippen molar-refractivity contribution in [2.24, 2.45) is 0 Å². The molecule has 1 saturated heterocycles. The molecule has 23 heavy (non-hydrogen) atoms. The average molecular weight is 312 g/mol. The molecule has 2 fully saturated rings. The highest BCUT2D eigenvalue weighted by molar-refractivity contribution is 6.06. The molecule has 1 aromatic heterocycles. The number of carbonyl (C=O) groups excluding carboxylic acids is 1. The van der Waals surface area contributed by atoms with Crippen molar-refractivity contribution in [3.05, 3.63) is 46.2 Å². The predicted molar refractivity (Wildman–Crippen MR) is 87.6 cm³/mol. The van der Waals surface area contributed by atoms with Crippen molar-refractivity contribution in [1.29, 1.82) is 0 Å². The van der Waals surface area contributed by atoms with Crippen LogP contribution in [0.4, 0.5) is 0 Å². The van der Waals surface area contributed by atoms with Crippen LogP contribution < -0.4 is 5.56 Å². The number of rotatable bonds is 1. The molecule has 1 aliphatic carbocycles. The summed E-state index contributed by atoms with van der Waals surface area (Å²) in [5.74, 6) is -0.0486. The number of hydrogen-bond acceptors (Lipinski definition) is 3. The number of fused-ring (bicyclic) bond motifs is 2. The van der Waals surface area contributed by atoms with Crippen LogP contribution in [0.2, 0.25) is 0 Å². The monoisotopic (exact) mass is 312 g/mol. The molecule has 4 rings (SSSR count). The summed E-state index contributed by atoms with van der Waals surface area (Å²) < 4.78 is 5.85. The van der Waals surface area contributed by atoms with E-state index in [1.165, 1.54) is 6.07 Å². The highest BCUT2D eigenvalue weighted by Gasteiger charge is 2.37. The maximum atomic E-state index is 13.1. The first-order valence-electron chi connectivity index (χ1n) is 8.29. The first-order valence-corrected chi connectivity index (χ1v) is 8.29. The summed E-state index contributed by atoms with van der Waals surface area (Å²) in [6.07, 6.45) is 4.44. The Kier molecular flexibility index (Phi) is 3.65. The number of H-pyrrole nitrogens is 1. The quantitative estimate of drug-likeness (QED) is 0.879. The van der Waals surface area contributed by atoms with Crippen LogP contribution in [0.5, 0.6) is 0 Å². The van der Waals surface area contributed by atoms with Crippen molar-refractivity contribution >= 4 is 16.8 Å². The van der Waals surface area contributed by atoms with Gasteiger partial charge in [-0.05, 0) is 18.9 Å². The Morgan fingerprint density at radius 1 is 1.22 bits per heavy atom. The zero-order valence-corrected chi connectivity index (χ0v) is 13.0. The van der Waals surface area contributed by atoms with Crippen LogP contribution in [0.15, 0.2) is 35.1 Å². The maximum Gasteiger partial charge on any atom is 0.255 e. The van der Waals surface area contributed by atoms with E-state index >= 15 is 0 Å². The Bertz CT molecular complexity index is 796. The lowest BCUT2D eigenvalue weighted by atomic mass is 9.89. The van der Waals surface area contributed by atoms with E-state index in [2.05, 4.69) is 4.98 Å². The molecular weight excluding hydrogens is 292 g/mol. The Balaban J connectivity index is 1.75. The third-order valence-corrected chi connectivity index (χ3v) is 4.97. The molecule has 2 heterocycles. The number of aromatic nitrogens is 1. The maximum absolute atomic E-state index is 13.1. The van der Waals surface area contributed by atoms with Crippen LogP contribution in [0, 0.1) is 0 Å². The standard InChI is InChI=1S/C18H20N2O3/c21-17-11-13(12-5-1-2-6-14(12)19-17)18(22)20-9-10-23-16-8-4-3-7-15(16)20/h1-2,5-6,11,15-16H,3-4,7-10H2,(H,19,21)/t15-,16+/m1/s1. The summed E-state index contributed by atoms with van der Waals surface area (Å²) in [4.78, 5) is 29.8. The fourth-order valence-corrected chi connectivity index (χ4v) is 3.88. The second kappa shape index (κ2) is 5.81. The Hall–Kier alpha value is -2.14. The zero-order valence-electron chi connectivity index (χ0n) is 13.0. The number of pyridine rings is 1. The third-order valence-electron chi connectivity index (χ3n) is 4.97. The van der Waals surface area contributed by atoms with Crippen molar-refractivity contribution in [2.45, 2.75) is 37.8 Å². The normalized spacial score (nSPS) is 24.4. The Morgan fingerprint density at radius 3 is 2.96 bits per heavy atom. The molecule has 0 radical (unpaired) electrons. The van der Waals surface area contributed by atoms with Gasteiger partial charge in [0.15, 0.2) is 0 Å². The predicted octanol–water partition coefficient (Wildman–Crippen LogP) is 2.31. The zero-order chi connectivity index (χ0) is 15.8. The van der Waals surface area contributed by atoms with Gasteiger partial charge >= 0.3 is 0 Å². The van der Waals surface area contributed by atoms with E-state index < -0.39 is 0 Å². The van der Waals surface area contributed by atoms with E-state index in [1.807, 2.05) is 29.2 Å². The van der Waals surface area contributed by atoms with Crippen LogP contribution >= 0.6 is 0 Å². The van der Waals surface area contributed by atoms with Crippen LogP contribution in [-0.4, -0.2) is 41.1 Å². The molecule has 0 bridgehead atoms. The number of para-hydroxylation sites is 1. The average Bonchev–Trinajstić information content (AvgIpc) is 2.60. The van der Waals surface area contributed by atoms with E-state index in [1.54, 1.807) is 0 Å². The molecule has 1 N–H and O–H groups in total. The van der Waals surface area contributed by atoms with E-state index in [0.717, 1.165) is 31.1 Å². The van der Waals surface area contributed by atoms with Gasteiger partial charge in [0.1, 0.15) is 0 Å². The van der Waals surface area contributed by atoms with Gasteiger partial charge in [0.25, 0.3) is 5.91 Å². The number of morpholine rings is 1. The first kappa shape index (κ1) is 14.5. The molecule has 120 valence electrons. The van der Waals surface area contributed by atoms with Crippen molar-refractivity contribution in [3.8, 4) is 0 Å². The van der Waals surface area contributed by atoms with Crippen LogP contribution in [-0.2, 0) is 4.74 Å². The van der Waals surface area contributed by atoms with Gasteiger partial charge in [-0.25, -0.2) is 0 Å². The number of benzene rings is 1. The fourth-order valence-electron chi connectivity index (χ4n) is 3.88. The molecule has 0 unspecified atom stereocenters. The number of aromatic amines is 1. The topological polar surface area (TPSA) is 62.4 Å². The van der Waals surface area contributed by atoms with Gasteiger partial charge in [-0.1, -0.05) is 31.0 Å². The lowest BCUT2D eigenvalue weighted by Gasteiger charge is -2.43. The molecule has 0 spiro atoms. The number of carbonyl (C=O) groups is 1. The van der Waals surface area contributed by atoms with Gasteiger partial charge in [-0.15, -0.1) is 0 Å². The van der Waals surface area contributed by atoms with Gasteiger partial charge < -0.3 is 14.6 Å². The van der Waals surface area contributed by atoms with E-state index in [-0.39, 0.29) is 23.6 Å². The van der Waals surface area contributed by atoms with Gasteiger partial charge in [0.2, 0.25) is 5.56 Å². The smallest absolute Gasteiger partial charge is 0.255 e. The van der Waals surface area contributed by atoms with Crippen molar-refractivity contribution in [2.75, 3.05) is 13.2 Å². The second-order valence-corrected chi connectivity index (χ2v) is 6.35. The Labute approximate surface area is 134 Å². The number of nitrogens with one attached hydrogen (secondary N) is 1. The summed E-state index contributed by atoms with van der Waals surface area (Å²) in [5.41, 5.74) is 0.966. The molecule has 5 heteroatoms. The number of nitrogens with zero attached hydrogens (tertiary/aromatic N) is 1. The molecule has 5 nitrogen and oxygen atoms in total. The van der Waals surface area contributed by atoms with Gasteiger partial charge in [-0.3, -0.25) is 9.59 Å². The summed E-state index contributed by atoms with van der Waals surface area (Å²) in [7, 11) is 0. The largest absolute Gasteiger partial charge is 0.374 e. The molecule has 2 atom stereocenters. The highest BCUT2D eigenvalue weighted by Crippen LogP contribution is 2.30. The molecular formula is C18H20N2O3. The van der Waals surface area contributed by atoms with E-state index in [0.29, 0.717) is 24.2 Å². The van der Waals surface area contributed by atoms with Gasteiger partial charge in [0, 0.05) is 23.5 Å². The molecule has 1 amide bonds. The molecule has 2 aliphatic rings. The minimum Gasteiger partial charge on any atom is -0.374 e. The number of amides is 1. The van der Waals surface area contributed by atoms with Gasteiger partial charge in [-0.2, -0.15) is 0 Å². The lowest BCUT2D eigenvalue weighted by Crippen LogP contribution is -2.54. The second-order valence-electron chi connectivity index (χ2n) is 6.35. The third kappa shape index (κ3) is 2.55. The fraction of sp³-hybridized carbons (Fsp3) is 0.444. The summed E-state index contributed by atoms with van der Waals surface area (Å²) in [6.45, 7) is 1.18. The molecule has 1 aliphatic heterocycles. The lowest BCUT2D eigenvalue weighted by molar-refractivity contribution is -0.0752. The summed E-state index contributed by atoms with van der Waals surface area (Å²) in [5, 5.41) is 0.802. The molecule has 1 saturated carbocycles. The minimum absolute atomic E-state index is 0.0486. The van der Waals surface area contributed by atoms with E-state index in [4.69, 9.17) is 4.74 Å².